The first kappa shape index (κ1) is 12.8. The Morgan fingerprint density at radius 2 is 2.24 bits per heavy atom. The van der Waals surface area contributed by atoms with E-state index in [2.05, 4.69) is 20.3 Å². The zero-order valence-electron chi connectivity index (χ0n) is 9.45. The number of nitrogens with one attached hydrogen (secondary N) is 2. The van der Waals surface area contributed by atoms with Gasteiger partial charge >= 0.3 is 6.09 Å². The summed E-state index contributed by atoms with van der Waals surface area (Å²) in [4.78, 5) is 21.9. The number of primary amides is 1. The van der Waals surface area contributed by atoms with Crippen molar-refractivity contribution in [2.24, 2.45) is 5.73 Å². The number of hydrogen-bond donors (Lipinski definition) is 4. The highest BCUT2D eigenvalue weighted by Gasteiger charge is 2.15. The fourth-order valence-electron chi connectivity index (χ4n) is 1.23. The third kappa shape index (κ3) is 3.37. The molecule has 0 saturated carbocycles. The molecule has 8 nitrogen and oxygen atoms in total. The standard InChI is InChI=1S/C9H15N5O3/c1-2-5-6(10)7(14-13-5)8(15)12-3-4-17-9(11)16/h2-4,10H2,1H3,(H2,11,16)(H,12,15)(H,13,14). The molecule has 0 aliphatic carbocycles. The van der Waals surface area contributed by atoms with Crippen LogP contribution < -0.4 is 16.8 Å². The Morgan fingerprint density at radius 1 is 1.53 bits per heavy atom. The lowest BCUT2D eigenvalue weighted by Gasteiger charge is -2.03. The molecule has 1 heterocycles. The van der Waals surface area contributed by atoms with Gasteiger partial charge in [0.1, 0.15) is 6.61 Å². The number of anilines is 1. The molecule has 1 rings (SSSR count). The highest BCUT2D eigenvalue weighted by atomic mass is 16.5. The van der Waals surface area contributed by atoms with Gasteiger partial charge in [0.25, 0.3) is 5.91 Å². The van der Waals surface area contributed by atoms with Crippen molar-refractivity contribution in [1.82, 2.24) is 15.5 Å². The number of carbonyl (C=O) groups is 2. The summed E-state index contributed by atoms with van der Waals surface area (Å²) in [5.74, 6) is -0.425. The molecular formula is C9H15N5O3. The fraction of sp³-hybridized carbons (Fsp3) is 0.444. The van der Waals surface area contributed by atoms with Gasteiger partial charge in [0, 0.05) is 0 Å². The van der Waals surface area contributed by atoms with Gasteiger partial charge in [-0.1, -0.05) is 6.92 Å². The second kappa shape index (κ2) is 5.73. The van der Waals surface area contributed by atoms with E-state index in [9.17, 15) is 9.59 Å². The topological polar surface area (TPSA) is 136 Å². The number of rotatable bonds is 5. The molecule has 0 atom stereocenters. The molecule has 2 amide bonds. The van der Waals surface area contributed by atoms with Crippen LogP contribution >= 0.6 is 0 Å². The SMILES string of the molecule is CCc1[nH]nc(C(=O)NCCOC(N)=O)c1N. The first-order valence-corrected chi connectivity index (χ1v) is 5.09. The Labute approximate surface area is 97.7 Å². The van der Waals surface area contributed by atoms with E-state index in [4.69, 9.17) is 11.5 Å². The predicted molar refractivity (Wildman–Crippen MR) is 60.2 cm³/mol. The van der Waals surface area contributed by atoms with Crippen molar-refractivity contribution in [3.8, 4) is 0 Å². The smallest absolute Gasteiger partial charge is 0.404 e. The maximum Gasteiger partial charge on any atom is 0.404 e. The molecule has 0 bridgehead atoms. The molecule has 0 aromatic carbocycles. The molecule has 1 aromatic rings. The molecule has 17 heavy (non-hydrogen) atoms. The zero-order valence-corrected chi connectivity index (χ0v) is 9.45. The van der Waals surface area contributed by atoms with Crippen LogP contribution in [-0.4, -0.2) is 35.3 Å². The molecular weight excluding hydrogens is 226 g/mol. The third-order valence-corrected chi connectivity index (χ3v) is 2.08. The Morgan fingerprint density at radius 3 is 2.76 bits per heavy atom. The van der Waals surface area contributed by atoms with Gasteiger partial charge in [-0.05, 0) is 6.42 Å². The highest BCUT2D eigenvalue weighted by Crippen LogP contribution is 2.13. The van der Waals surface area contributed by atoms with E-state index in [0.29, 0.717) is 17.8 Å². The normalized spacial score (nSPS) is 9.94. The number of H-pyrrole nitrogens is 1. The van der Waals surface area contributed by atoms with E-state index in [-0.39, 0.29) is 18.8 Å². The van der Waals surface area contributed by atoms with E-state index in [1.807, 2.05) is 6.92 Å². The fourth-order valence-corrected chi connectivity index (χ4v) is 1.23. The molecule has 0 radical (unpaired) electrons. The van der Waals surface area contributed by atoms with Crippen LogP contribution in [0, 0.1) is 0 Å². The Balaban J connectivity index is 2.47. The number of ether oxygens (including phenoxy) is 1. The number of nitrogens with two attached hydrogens (primary N) is 2. The van der Waals surface area contributed by atoms with Crippen molar-refractivity contribution >= 4 is 17.7 Å². The van der Waals surface area contributed by atoms with E-state index < -0.39 is 12.0 Å². The summed E-state index contributed by atoms with van der Waals surface area (Å²) < 4.78 is 4.45. The van der Waals surface area contributed by atoms with E-state index >= 15 is 0 Å². The van der Waals surface area contributed by atoms with Crippen LogP contribution in [0.2, 0.25) is 0 Å². The van der Waals surface area contributed by atoms with Gasteiger partial charge < -0.3 is 21.5 Å². The zero-order chi connectivity index (χ0) is 12.8. The lowest BCUT2D eigenvalue weighted by molar-refractivity contribution is 0.0932. The van der Waals surface area contributed by atoms with Gasteiger partial charge in [0.15, 0.2) is 5.69 Å². The van der Waals surface area contributed by atoms with Gasteiger partial charge in [-0.25, -0.2) is 4.79 Å². The number of aromatic nitrogens is 2. The molecule has 0 aliphatic rings. The number of aryl methyl sites for hydroxylation is 1. The number of hydrogen-bond acceptors (Lipinski definition) is 5. The predicted octanol–water partition coefficient (Wildman–Crippen LogP) is -0.621. The second-order valence-electron chi connectivity index (χ2n) is 3.24. The minimum absolute atomic E-state index is 0.00599. The van der Waals surface area contributed by atoms with Crippen LogP contribution in [0.3, 0.4) is 0 Å². The van der Waals surface area contributed by atoms with Crippen molar-refractivity contribution in [3.05, 3.63) is 11.4 Å². The van der Waals surface area contributed by atoms with Crippen LogP contribution in [0.5, 0.6) is 0 Å². The quantitative estimate of drug-likeness (QED) is 0.509. The minimum atomic E-state index is -0.883. The lowest BCUT2D eigenvalue weighted by atomic mass is 10.2. The van der Waals surface area contributed by atoms with Crippen molar-refractivity contribution in [1.29, 1.82) is 0 Å². The molecule has 6 N–H and O–H groups in total. The van der Waals surface area contributed by atoms with E-state index in [1.165, 1.54) is 0 Å². The van der Waals surface area contributed by atoms with Crippen LogP contribution in [0.25, 0.3) is 0 Å². The van der Waals surface area contributed by atoms with Crippen LogP contribution in [0.4, 0.5) is 10.5 Å². The Bertz CT molecular complexity index is 415. The molecule has 0 spiro atoms. The van der Waals surface area contributed by atoms with Gasteiger partial charge in [-0.2, -0.15) is 5.10 Å². The average molecular weight is 241 g/mol. The number of amides is 2. The molecule has 94 valence electrons. The van der Waals surface area contributed by atoms with Crippen molar-refractivity contribution in [3.63, 3.8) is 0 Å². The molecule has 0 aliphatic heterocycles. The second-order valence-corrected chi connectivity index (χ2v) is 3.24. The summed E-state index contributed by atoms with van der Waals surface area (Å²) in [6.07, 6.45) is -0.219. The molecule has 0 fully saturated rings. The highest BCUT2D eigenvalue weighted by molar-refractivity contribution is 5.97. The number of carbonyl (C=O) groups excluding carboxylic acids is 2. The van der Waals surface area contributed by atoms with Gasteiger partial charge in [-0.3, -0.25) is 9.89 Å². The first-order valence-electron chi connectivity index (χ1n) is 5.09. The maximum atomic E-state index is 11.6. The lowest BCUT2D eigenvalue weighted by Crippen LogP contribution is -2.29. The van der Waals surface area contributed by atoms with Crippen LogP contribution in [-0.2, 0) is 11.2 Å². The summed E-state index contributed by atoms with van der Waals surface area (Å²) in [5, 5.41) is 8.98. The summed E-state index contributed by atoms with van der Waals surface area (Å²) >= 11 is 0. The average Bonchev–Trinajstić information content (AvgIpc) is 2.65. The molecule has 0 saturated heterocycles. The van der Waals surface area contributed by atoms with Crippen LogP contribution in [0.15, 0.2) is 0 Å². The minimum Gasteiger partial charge on any atom is -0.448 e. The van der Waals surface area contributed by atoms with Crippen LogP contribution in [0.1, 0.15) is 23.1 Å². The molecule has 8 heteroatoms. The maximum absolute atomic E-state index is 11.6. The first-order chi connectivity index (χ1) is 8.06. The van der Waals surface area contributed by atoms with Crippen molar-refractivity contribution in [2.75, 3.05) is 18.9 Å². The monoisotopic (exact) mass is 241 g/mol. The van der Waals surface area contributed by atoms with Crippen molar-refractivity contribution in [2.45, 2.75) is 13.3 Å². The molecule has 1 aromatic heterocycles. The number of nitrogens with zero attached hydrogens (tertiary/aromatic N) is 1. The van der Waals surface area contributed by atoms with E-state index in [1.54, 1.807) is 0 Å². The van der Waals surface area contributed by atoms with E-state index in [0.717, 1.165) is 0 Å². The van der Waals surface area contributed by atoms with Crippen molar-refractivity contribution < 1.29 is 14.3 Å². The third-order valence-electron chi connectivity index (χ3n) is 2.08. The Kier molecular flexibility index (Phi) is 4.32. The summed E-state index contributed by atoms with van der Waals surface area (Å²) in [6, 6.07) is 0. The Hall–Kier alpha value is -2.25. The summed E-state index contributed by atoms with van der Waals surface area (Å²) in [5.41, 5.74) is 11.6. The number of nitrogen functional groups attached to an aromatic ring is 1. The largest absolute Gasteiger partial charge is 0.448 e. The van der Waals surface area contributed by atoms with Gasteiger partial charge in [0.2, 0.25) is 0 Å². The van der Waals surface area contributed by atoms with Gasteiger partial charge in [0.05, 0.1) is 17.9 Å². The number of aromatic amines is 1. The van der Waals surface area contributed by atoms with Gasteiger partial charge in [-0.15, -0.1) is 0 Å². The summed E-state index contributed by atoms with van der Waals surface area (Å²) in [7, 11) is 0. The molecule has 0 unspecified atom stereocenters. The summed E-state index contributed by atoms with van der Waals surface area (Å²) in [6.45, 7) is 2.05.